The Labute approximate surface area is 137 Å². The van der Waals surface area contributed by atoms with Crippen molar-refractivity contribution in [3.05, 3.63) is 80.1 Å². The Morgan fingerprint density at radius 1 is 0.591 bits per heavy atom. The Bertz CT molecular complexity index is 796. The molecule has 0 aliphatic carbocycles. The third-order valence-electron chi connectivity index (χ3n) is 3.31. The molecule has 0 bridgehead atoms. The summed E-state index contributed by atoms with van der Waals surface area (Å²) in [6.45, 7) is 4.04. The summed E-state index contributed by atoms with van der Waals surface area (Å²) >= 11 is 2.74. The van der Waals surface area contributed by atoms with Crippen molar-refractivity contribution in [1.82, 2.24) is 0 Å². The van der Waals surface area contributed by atoms with E-state index in [1.165, 1.54) is 34.7 Å². The second-order valence-electron chi connectivity index (χ2n) is 5.15. The zero-order valence-corrected chi connectivity index (χ0v) is 13.9. The zero-order valence-electron chi connectivity index (χ0n) is 12.3. The average Bonchev–Trinajstić information content (AvgIpc) is 2.54. The second-order valence-corrected chi connectivity index (χ2v) is 7.31. The minimum absolute atomic E-state index is 0.375. The van der Waals surface area contributed by atoms with Crippen molar-refractivity contribution in [2.45, 2.75) is 33.4 Å². The van der Waals surface area contributed by atoms with Crippen LogP contribution in [0.25, 0.3) is 0 Å². The summed E-state index contributed by atoms with van der Waals surface area (Å²) in [5.41, 5.74) is 1.59. The van der Waals surface area contributed by atoms with Gasteiger partial charge in [-0.1, -0.05) is 58.9 Å². The third kappa shape index (κ3) is 3.03. The monoisotopic (exact) mass is 326 g/mol. The number of benzene rings is 2. The molecule has 0 aromatic heterocycles. The normalized spacial score (nSPS) is 11.0. The fourth-order valence-corrected chi connectivity index (χ4v) is 3.99. The van der Waals surface area contributed by atoms with Gasteiger partial charge in [0.15, 0.2) is 0 Å². The van der Waals surface area contributed by atoms with Crippen LogP contribution in [0, 0.1) is 13.8 Å². The largest absolute Gasteiger partial charge is 0.284 e. The Kier molecular flexibility index (Phi) is 4.23. The maximum absolute atomic E-state index is 11.8. The SMILES string of the molecule is Cc1ccc(Sc2c(Sc3ccc(C)cc3)c(=O)c2=O)cc1. The summed E-state index contributed by atoms with van der Waals surface area (Å²) in [7, 11) is 0. The number of rotatable bonds is 4. The molecule has 0 N–H and O–H groups in total. The molecule has 3 aromatic carbocycles. The summed E-state index contributed by atoms with van der Waals surface area (Å²) in [4.78, 5) is 26.8. The van der Waals surface area contributed by atoms with E-state index < -0.39 is 0 Å². The van der Waals surface area contributed by atoms with Crippen molar-refractivity contribution < 1.29 is 0 Å². The highest BCUT2D eigenvalue weighted by atomic mass is 32.2. The summed E-state index contributed by atoms with van der Waals surface area (Å²) < 4.78 is 0. The van der Waals surface area contributed by atoms with Crippen LogP contribution < -0.4 is 10.9 Å². The molecular formula is C18H14O2S2. The quantitative estimate of drug-likeness (QED) is 0.673. The minimum Gasteiger partial charge on any atom is -0.284 e. The Hall–Kier alpha value is -1.78. The van der Waals surface area contributed by atoms with Crippen LogP contribution in [-0.2, 0) is 0 Å². The first-order valence-corrected chi connectivity index (χ1v) is 8.50. The van der Waals surface area contributed by atoms with Crippen LogP contribution in [0.3, 0.4) is 0 Å². The molecule has 4 heteroatoms. The van der Waals surface area contributed by atoms with Gasteiger partial charge in [-0.05, 0) is 38.1 Å². The molecule has 0 saturated heterocycles. The molecule has 0 fully saturated rings. The average molecular weight is 326 g/mol. The summed E-state index contributed by atoms with van der Waals surface area (Å²) in [6.07, 6.45) is 0. The standard InChI is InChI=1S/C18H14O2S2/c1-11-3-7-13(8-4-11)21-17-15(19)16(20)18(17)22-14-9-5-12(2)6-10-14/h3-10H,1-2H3. The number of hydrogen-bond donors (Lipinski definition) is 0. The molecule has 0 saturated carbocycles. The highest BCUT2D eigenvalue weighted by Crippen LogP contribution is 2.36. The van der Waals surface area contributed by atoms with Gasteiger partial charge in [0.2, 0.25) is 10.9 Å². The fourth-order valence-electron chi connectivity index (χ4n) is 1.98. The Morgan fingerprint density at radius 2 is 0.909 bits per heavy atom. The second kappa shape index (κ2) is 6.15. The zero-order chi connectivity index (χ0) is 15.7. The molecule has 2 nitrogen and oxygen atoms in total. The topological polar surface area (TPSA) is 34.1 Å². The fraction of sp³-hybridized carbons (Fsp3) is 0.111. The van der Waals surface area contributed by atoms with Crippen LogP contribution in [0.1, 0.15) is 11.1 Å². The van der Waals surface area contributed by atoms with Crippen molar-refractivity contribution in [2.75, 3.05) is 0 Å². The molecule has 0 aliphatic rings. The van der Waals surface area contributed by atoms with Gasteiger partial charge < -0.3 is 0 Å². The van der Waals surface area contributed by atoms with Gasteiger partial charge in [0.1, 0.15) is 0 Å². The molecule has 0 radical (unpaired) electrons. The van der Waals surface area contributed by atoms with Crippen LogP contribution >= 0.6 is 23.5 Å². The summed E-state index contributed by atoms with van der Waals surface area (Å²) in [5, 5.41) is 0. The minimum atomic E-state index is -0.375. The van der Waals surface area contributed by atoms with E-state index in [0.29, 0.717) is 9.79 Å². The molecule has 0 spiro atoms. The lowest BCUT2D eigenvalue weighted by molar-refractivity contribution is 1.04. The maximum Gasteiger partial charge on any atom is 0.242 e. The van der Waals surface area contributed by atoms with Crippen LogP contribution in [0.5, 0.6) is 0 Å². The molecule has 3 rings (SSSR count). The van der Waals surface area contributed by atoms with E-state index in [2.05, 4.69) is 0 Å². The van der Waals surface area contributed by atoms with Gasteiger partial charge in [-0.15, -0.1) is 0 Å². The lowest BCUT2D eigenvalue weighted by Gasteiger charge is -2.10. The van der Waals surface area contributed by atoms with E-state index in [0.717, 1.165) is 9.79 Å². The van der Waals surface area contributed by atoms with Gasteiger partial charge in [0, 0.05) is 9.79 Å². The highest BCUT2D eigenvalue weighted by molar-refractivity contribution is 8.02. The molecule has 0 aliphatic heterocycles. The van der Waals surface area contributed by atoms with Crippen LogP contribution in [0.15, 0.2) is 77.7 Å². The van der Waals surface area contributed by atoms with Gasteiger partial charge in [0.25, 0.3) is 0 Å². The van der Waals surface area contributed by atoms with Gasteiger partial charge in [-0.3, -0.25) is 9.59 Å². The molecular weight excluding hydrogens is 312 g/mol. The van der Waals surface area contributed by atoms with E-state index in [4.69, 9.17) is 0 Å². The molecule has 0 heterocycles. The first-order valence-electron chi connectivity index (χ1n) is 6.87. The van der Waals surface area contributed by atoms with Crippen molar-refractivity contribution in [3.63, 3.8) is 0 Å². The van der Waals surface area contributed by atoms with Crippen molar-refractivity contribution >= 4 is 23.5 Å². The third-order valence-corrected chi connectivity index (χ3v) is 5.64. The lowest BCUT2D eigenvalue weighted by Crippen LogP contribution is -2.34. The van der Waals surface area contributed by atoms with Crippen LogP contribution in [0.2, 0.25) is 0 Å². The molecule has 0 amide bonds. The summed E-state index contributed by atoms with van der Waals surface area (Å²) in [6, 6.07) is 15.9. The van der Waals surface area contributed by atoms with E-state index in [-0.39, 0.29) is 10.9 Å². The predicted molar refractivity (Wildman–Crippen MR) is 92.0 cm³/mol. The van der Waals surface area contributed by atoms with Crippen molar-refractivity contribution in [1.29, 1.82) is 0 Å². The van der Waals surface area contributed by atoms with Crippen LogP contribution in [0.4, 0.5) is 0 Å². The molecule has 0 unspecified atom stereocenters. The smallest absolute Gasteiger partial charge is 0.242 e. The summed E-state index contributed by atoms with van der Waals surface area (Å²) in [5.74, 6) is 0. The number of aryl methyl sites for hydroxylation is 2. The number of hydrogen-bond acceptors (Lipinski definition) is 4. The van der Waals surface area contributed by atoms with E-state index in [9.17, 15) is 9.59 Å². The van der Waals surface area contributed by atoms with E-state index in [1.807, 2.05) is 62.4 Å². The van der Waals surface area contributed by atoms with Crippen molar-refractivity contribution in [2.24, 2.45) is 0 Å². The molecule has 110 valence electrons. The first-order chi connectivity index (χ1) is 10.5. The maximum atomic E-state index is 11.8. The predicted octanol–water partition coefficient (Wildman–Crippen LogP) is 4.20. The van der Waals surface area contributed by atoms with Crippen molar-refractivity contribution in [3.8, 4) is 0 Å². The Balaban J connectivity index is 1.85. The Morgan fingerprint density at radius 3 is 1.23 bits per heavy atom. The van der Waals surface area contributed by atoms with Gasteiger partial charge >= 0.3 is 0 Å². The first kappa shape index (κ1) is 15.1. The van der Waals surface area contributed by atoms with Gasteiger partial charge in [-0.25, -0.2) is 0 Å². The molecule has 3 aromatic rings. The molecule has 0 atom stereocenters. The van der Waals surface area contributed by atoms with Gasteiger partial charge in [-0.2, -0.15) is 0 Å². The van der Waals surface area contributed by atoms with E-state index >= 15 is 0 Å². The van der Waals surface area contributed by atoms with Crippen LogP contribution in [-0.4, -0.2) is 0 Å². The van der Waals surface area contributed by atoms with Gasteiger partial charge in [0.05, 0.1) is 9.79 Å². The molecule has 22 heavy (non-hydrogen) atoms. The van der Waals surface area contributed by atoms with E-state index in [1.54, 1.807) is 0 Å². The highest BCUT2D eigenvalue weighted by Gasteiger charge is 2.22. The lowest BCUT2D eigenvalue weighted by atomic mass is 10.2.